The summed E-state index contributed by atoms with van der Waals surface area (Å²) in [6.45, 7) is 3.71. The molecule has 1 aromatic heterocycles. The topological polar surface area (TPSA) is 64.4 Å². The first-order valence-electron chi connectivity index (χ1n) is 6.36. The highest BCUT2D eigenvalue weighted by atomic mass is 16.5. The fraction of sp³-hybridized carbons (Fsp3) is 0.250. The van der Waals surface area contributed by atoms with Gasteiger partial charge in [-0.15, -0.1) is 0 Å². The second-order valence-electron chi connectivity index (χ2n) is 4.52. The molecule has 2 rings (SSSR count). The molecule has 0 saturated carbocycles. The quantitative estimate of drug-likeness (QED) is 0.861. The molecule has 0 radical (unpaired) electrons. The zero-order valence-electron chi connectivity index (χ0n) is 12.4. The summed E-state index contributed by atoms with van der Waals surface area (Å²) in [6, 6.07) is 9.13. The van der Waals surface area contributed by atoms with Crippen molar-refractivity contribution in [3.63, 3.8) is 0 Å². The molecule has 0 saturated heterocycles. The first-order valence-corrected chi connectivity index (χ1v) is 6.36. The highest BCUT2D eigenvalue weighted by Crippen LogP contribution is 2.32. The van der Waals surface area contributed by atoms with Crippen LogP contribution >= 0.6 is 0 Å². The third-order valence-electron chi connectivity index (χ3n) is 2.96. The van der Waals surface area contributed by atoms with Crippen LogP contribution in [-0.4, -0.2) is 19.2 Å². The lowest BCUT2D eigenvalue weighted by Gasteiger charge is -2.11. The summed E-state index contributed by atoms with van der Waals surface area (Å²) in [4.78, 5) is 4.28. The van der Waals surface area contributed by atoms with Crippen molar-refractivity contribution >= 4 is 0 Å². The molecule has 5 heteroatoms. The smallest absolute Gasteiger partial charge is 0.237 e. The Balaban J connectivity index is 2.45. The Hall–Kier alpha value is -2.74. The molecule has 1 heterocycles. The monoisotopic (exact) mass is 284 g/mol. The third-order valence-corrected chi connectivity index (χ3v) is 2.96. The number of methoxy groups -OCH3 is 2. The van der Waals surface area contributed by atoms with Gasteiger partial charge in [0.2, 0.25) is 5.88 Å². The van der Waals surface area contributed by atoms with Gasteiger partial charge in [0.15, 0.2) is 0 Å². The average Bonchev–Trinajstić information content (AvgIpc) is 2.46. The summed E-state index contributed by atoms with van der Waals surface area (Å²) in [5, 5.41) is 9.25. The predicted octanol–water partition coefficient (Wildman–Crippen LogP) is 3.38. The van der Waals surface area contributed by atoms with E-state index in [0.717, 1.165) is 11.3 Å². The largest absolute Gasteiger partial charge is 0.496 e. The summed E-state index contributed by atoms with van der Waals surface area (Å²) >= 11 is 0. The van der Waals surface area contributed by atoms with E-state index >= 15 is 0 Å². The summed E-state index contributed by atoms with van der Waals surface area (Å²) < 4.78 is 16.1. The van der Waals surface area contributed by atoms with Crippen molar-refractivity contribution in [1.82, 2.24) is 4.98 Å². The maximum atomic E-state index is 9.25. The number of ether oxygens (including phenoxy) is 3. The summed E-state index contributed by atoms with van der Waals surface area (Å²) in [6.07, 6.45) is 0. The summed E-state index contributed by atoms with van der Waals surface area (Å²) in [5.74, 6) is 1.99. The number of benzene rings is 1. The molecule has 0 N–H and O–H groups in total. The van der Waals surface area contributed by atoms with Crippen LogP contribution in [0.25, 0.3) is 0 Å². The number of pyridine rings is 1. The minimum absolute atomic E-state index is 0.283. The molecule has 2 aromatic rings. The molecule has 0 amide bonds. The Morgan fingerprint density at radius 2 is 1.52 bits per heavy atom. The number of aryl methyl sites for hydroxylation is 2. The number of rotatable bonds is 4. The van der Waals surface area contributed by atoms with E-state index in [4.69, 9.17) is 14.2 Å². The van der Waals surface area contributed by atoms with Crippen molar-refractivity contribution < 1.29 is 14.2 Å². The molecule has 0 fully saturated rings. The molecule has 1 aromatic carbocycles. The second kappa shape index (κ2) is 6.14. The van der Waals surface area contributed by atoms with E-state index < -0.39 is 0 Å². The van der Waals surface area contributed by atoms with Gasteiger partial charge in [-0.1, -0.05) is 0 Å². The van der Waals surface area contributed by atoms with E-state index in [1.165, 1.54) is 0 Å². The zero-order chi connectivity index (χ0) is 15.4. The molecule has 0 atom stereocenters. The predicted molar refractivity (Wildman–Crippen MR) is 78.0 cm³/mol. The lowest BCUT2D eigenvalue weighted by atomic mass is 10.1. The van der Waals surface area contributed by atoms with Gasteiger partial charge >= 0.3 is 0 Å². The number of nitriles is 1. The van der Waals surface area contributed by atoms with Crippen molar-refractivity contribution in [3.8, 4) is 29.2 Å². The Labute approximate surface area is 123 Å². The van der Waals surface area contributed by atoms with Gasteiger partial charge in [-0.25, -0.2) is 4.98 Å². The Morgan fingerprint density at radius 1 is 0.952 bits per heavy atom. The van der Waals surface area contributed by atoms with Gasteiger partial charge in [-0.3, -0.25) is 0 Å². The van der Waals surface area contributed by atoms with Crippen LogP contribution in [0.15, 0.2) is 24.3 Å². The van der Waals surface area contributed by atoms with Crippen LogP contribution in [0.3, 0.4) is 0 Å². The van der Waals surface area contributed by atoms with E-state index in [9.17, 15) is 5.26 Å². The van der Waals surface area contributed by atoms with Crippen LogP contribution in [0.4, 0.5) is 0 Å². The van der Waals surface area contributed by atoms with E-state index in [0.29, 0.717) is 22.8 Å². The first kappa shape index (κ1) is 14.7. The number of nitrogens with zero attached hydrogens (tertiary/aromatic N) is 2. The maximum absolute atomic E-state index is 9.25. The molecular formula is C16H16N2O3. The molecule has 0 spiro atoms. The van der Waals surface area contributed by atoms with Gasteiger partial charge in [0, 0.05) is 23.9 Å². The lowest BCUT2D eigenvalue weighted by Crippen LogP contribution is -1.97. The summed E-state index contributed by atoms with van der Waals surface area (Å²) in [5.41, 5.74) is 2.04. The summed E-state index contributed by atoms with van der Waals surface area (Å²) in [7, 11) is 3.13. The van der Waals surface area contributed by atoms with Crippen LogP contribution < -0.4 is 14.2 Å². The van der Waals surface area contributed by atoms with Gasteiger partial charge in [-0.2, -0.15) is 5.26 Å². The average molecular weight is 284 g/mol. The molecule has 0 aliphatic rings. The molecule has 5 nitrogen and oxygen atoms in total. The minimum atomic E-state index is 0.283. The Morgan fingerprint density at radius 3 is 2.05 bits per heavy atom. The van der Waals surface area contributed by atoms with Crippen molar-refractivity contribution in [2.24, 2.45) is 0 Å². The van der Waals surface area contributed by atoms with E-state index in [1.54, 1.807) is 32.4 Å². The van der Waals surface area contributed by atoms with Gasteiger partial charge in [0.1, 0.15) is 28.9 Å². The van der Waals surface area contributed by atoms with Crippen LogP contribution in [0.2, 0.25) is 0 Å². The molecule has 21 heavy (non-hydrogen) atoms. The molecule has 0 aliphatic carbocycles. The van der Waals surface area contributed by atoms with Gasteiger partial charge in [-0.05, 0) is 25.5 Å². The maximum Gasteiger partial charge on any atom is 0.237 e. The normalized spacial score (nSPS) is 9.86. The minimum Gasteiger partial charge on any atom is -0.496 e. The van der Waals surface area contributed by atoms with Crippen molar-refractivity contribution in [3.05, 3.63) is 41.1 Å². The Bertz CT molecular complexity index is 683. The fourth-order valence-corrected chi connectivity index (χ4v) is 1.96. The van der Waals surface area contributed by atoms with E-state index in [-0.39, 0.29) is 5.88 Å². The van der Waals surface area contributed by atoms with Crippen molar-refractivity contribution in [2.75, 3.05) is 14.2 Å². The van der Waals surface area contributed by atoms with Crippen LogP contribution in [0.1, 0.15) is 16.8 Å². The standard InChI is InChI=1S/C16H16N2O3/c1-10-5-11(2)18-16(15(10)9-17)21-14-7-12(19-3)6-13(8-14)20-4/h5-8H,1-4H3. The Kier molecular flexibility index (Phi) is 4.29. The lowest BCUT2D eigenvalue weighted by molar-refractivity contribution is 0.384. The molecule has 108 valence electrons. The third kappa shape index (κ3) is 3.23. The SMILES string of the molecule is COc1cc(OC)cc(Oc2nc(C)cc(C)c2C#N)c1. The van der Waals surface area contributed by atoms with Crippen LogP contribution in [-0.2, 0) is 0 Å². The zero-order valence-corrected chi connectivity index (χ0v) is 12.4. The van der Waals surface area contributed by atoms with E-state index in [1.807, 2.05) is 19.9 Å². The van der Waals surface area contributed by atoms with Gasteiger partial charge < -0.3 is 14.2 Å². The number of aromatic nitrogens is 1. The fourth-order valence-electron chi connectivity index (χ4n) is 1.96. The van der Waals surface area contributed by atoms with Crippen LogP contribution in [0, 0.1) is 25.2 Å². The second-order valence-corrected chi connectivity index (χ2v) is 4.52. The first-order chi connectivity index (χ1) is 10.1. The highest BCUT2D eigenvalue weighted by molar-refractivity contribution is 5.49. The molecule has 0 aliphatic heterocycles. The number of hydrogen-bond acceptors (Lipinski definition) is 5. The highest BCUT2D eigenvalue weighted by Gasteiger charge is 2.12. The van der Waals surface area contributed by atoms with Crippen molar-refractivity contribution in [2.45, 2.75) is 13.8 Å². The molecule has 0 bridgehead atoms. The molecular weight excluding hydrogens is 268 g/mol. The van der Waals surface area contributed by atoms with Crippen LogP contribution in [0.5, 0.6) is 23.1 Å². The van der Waals surface area contributed by atoms with E-state index in [2.05, 4.69) is 11.1 Å². The van der Waals surface area contributed by atoms with Crippen molar-refractivity contribution in [1.29, 1.82) is 5.26 Å². The van der Waals surface area contributed by atoms with Gasteiger partial charge in [0.25, 0.3) is 0 Å². The number of hydrogen-bond donors (Lipinski definition) is 0. The van der Waals surface area contributed by atoms with Gasteiger partial charge in [0.05, 0.1) is 14.2 Å². The molecule has 0 unspecified atom stereocenters.